The molecule has 0 aliphatic heterocycles. The largest absolute Gasteiger partial charge is 0.462 e. The predicted molar refractivity (Wildman–Crippen MR) is 124 cm³/mol. The fraction of sp³-hybridized carbons (Fsp3) is 0.0870. The molecule has 0 saturated heterocycles. The molecule has 0 saturated carbocycles. The summed E-state index contributed by atoms with van der Waals surface area (Å²) in [4.78, 5) is 25.4. The van der Waals surface area contributed by atoms with Gasteiger partial charge in [0.15, 0.2) is 0 Å². The van der Waals surface area contributed by atoms with Crippen LogP contribution in [0.25, 0.3) is 17.2 Å². The molecule has 1 aromatic heterocycles. The fourth-order valence-electron chi connectivity index (χ4n) is 2.79. The van der Waals surface area contributed by atoms with Gasteiger partial charge in [0.1, 0.15) is 28.0 Å². The van der Waals surface area contributed by atoms with E-state index in [0.29, 0.717) is 21.7 Å². The molecule has 0 atom stereocenters. The normalized spacial score (nSPS) is 11.0. The number of nitrogens with zero attached hydrogens (tertiary/aromatic N) is 1. The second-order valence-corrected chi connectivity index (χ2v) is 8.09. The number of amides is 1. The number of thiophene rings is 1. The average molecular weight is 489 g/mol. The third-order valence-corrected chi connectivity index (χ3v) is 5.74. The maximum absolute atomic E-state index is 13.3. The van der Waals surface area contributed by atoms with Crippen molar-refractivity contribution in [2.45, 2.75) is 6.92 Å². The zero-order chi connectivity index (χ0) is 23.3. The van der Waals surface area contributed by atoms with E-state index in [2.05, 4.69) is 5.32 Å². The Bertz CT molecular complexity index is 1250. The fourth-order valence-corrected chi connectivity index (χ4v) is 4.21. The van der Waals surface area contributed by atoms with Crippen LogP contribution in [0, 0.1) is 17.1 Å². The molecule has 0 fully saturated rings. The molecule has 0 unspecified atom stereocenters. The first-order valence-electron chi connectivity index (χ1n) is 9.26. The van der Waals surface area contributed by atoms with Crippen LogP contribution in [0.2, 0.25) is 10.0 Å². The zero-order valence-corrected chi connectivity index (χ0v) is 18.9. The number of nitrogens with one attached hydrogen (secondary N) is 1. The van der Waals surface area contributed by atoms with Crippen LogP contribution in [0.15, 0.2) is 53.4 Å². The highest BCUT2D eigenvalue weighted by Gasteiger charge is 2.24. The molecule has 3 rings (SSSR count). The van der Waals surface area contributed by atoms with Crippen molar-refractivity contribution in [3.05, 3.63) is 80.4 Å². The van der Waals surface area contributed by atoms with Crippen LogP contribution in [0.4, 0.5) is 9.39 Å². The molecule has 9 heteroatoms. The molecular formula is C23H15Cl2FN2O3S. The SMILES string of the molecule is CCOC(=O)c1c(-c2ccc(F)cc2)csc1NC(=O)/C(C#N)=C\c1ccc(Cl)cc1Cl. The molecular weight excluding hydrogens is 474 g/mol. The topological polar surface area (TPSA) is 79.2 Å². The van der Waals surface area contributed by atoms with E-state index in [4.69, 9.17) is 27.9 Å². The molecule has 3 aromatic rings. The van der Waals surface area contributed by atoms with Crippen molar-refractivity contribution in [1.82, 2.24) is 0 Å². The Labute approximate surface area is 197 Å². The summed E-state index contributed by atoms with van der Waals surface area (Å²) in [6.07, 6.45) is 1.33. The van der Waals surface area contributed by atoms with Crippen LogP contribution in [-0.4, -0.2) is 18.5 Å². The highest BCUT2D eigenvalue weighted by atomic mass is 35.5. The third-order valence-electron chi connectivity index (χ3n) is 4.28. The minimum atomic E-state index is -0.725. The van der Waals surface area contributed by atoms with Crippen LogP contribution in [-0.2, 0) is 9.53 Å². The van der Waals surface area contributed by atoms with E-state index in [1.807, 2.05) is 6.07 Å². The monoisotopic (exact) mass is 488 g/mol. The first-order valence-corrected chi connectivity index (χ1v) is 10.9. The zero-order valence-electron chi connectivity index (χ0n) is 16.6. The molecule has 32 heavy (non-hydrogen) atoms. The van der Waals surface area contributed by atoms with E-state index in [-0.39, 0.29) is 27.8 Å². The van der Waals surface area contributed by atoms with E-state index in [9.17, 15) is 19.2 Å². The van der Waals surface area contributed by atoms with Gasteiger partial charge in [0.2, 0.25) is 0 Å². The maximum atomic E-state index is 13.3. The number of benzene rings is 2. The molecule has 0 bridgehead atoms. The van der Waals surface area contributed by atoms with Crippen LogP contribution < -0.4 is 5.32 Å². The molecule has 2 aromatic carbocycles. The van der Waals surface area contributed by atoms with Crippen molar-refractivity contribution in [3.8, 4) is 17.2 Å². The Morgan fingerprint density at radius 2 is 1.94 bits per heavy atom. The van der Waals surface area contributed by atoms with Crippen molar-refractivity contribution in [2.75, 3.05) is 11.9 Å². The van der Waals surface area contributed by atoms with Gasteiger partial charge in [-0.15, -0.1) is 11.3 Å². The molecule has 0 aliphatic rings. The van der Waals surface area contributed by atoms with E-state index >= 15 is 0 Å². The van der Waals surface area contributed by atoms with Crippen molar-refractivity contribution in [2.24, 2.45) is 0 Å². The minimum absolute atomic E-state index is 0.124. The molecule has 1 heterocycles. The number of hydrogen-bond donors (Lipinski definition) is 1. The molecule has 0 radical (unpaired) electrons. The van der Waals surface area contributed by atoms with Crippen molar-refractivity contribution < 1.29 is 18.7 Å². The molecule has 0 spiro atoms. The summed E-state index contributed by atoms with van der Waals surface area (Å²) in [6, 6.07) is 12.1. The average Bonchev–Trinajstić information content (AvgIpc) is 3.17. The van der Waals surface area contributed by atoms with E-state index < -0.39 is 17.7 Å². The van der Waals surface area contributed by atoms with Crippen LogP contribution in [0.5, 0.6) is 0 Å². The van der Waals surface area contributed by atoms with E-state index in [1.54, 1.807) is 24.4 Å². The Kier molecular flexibility index (Phi) is 7.65. The van der Waals surface area contributed by atoms with Gasteiger partial charge in [0.25, 0.3) is 5.91 Å². The van der Waals surface area contributed by atoms with Gasteiger partial charge in [-0.05, 0) is 48.4 Å². The van der Waals surface area contributed by atoms with Crippen molar-refractivity contribution >= 4 is 57.5 Å². The Hall–Kier alpha value is -3.18. The first kappa shape index (κ1) is 23.5. The van der Waals surface area contributed by atoms with E-state index in [0.717, 1.165) is 11.3 Å². The second kappa shape index (κ2) is 10.4. The molecule has 162 valence electrons. The summed E-state index contributed by atoms with van der Waals surface area (Å²) in [5, 5.41) is 14.6. The lowest BCUT2D eigenvalue weighted by Crippen LogP contribution is -2.16. The van der Waals surface area contributed by atoms with Gasteiger partial charge in [-0.2, -0.15) is 5.26 Å². The van der Waals surface area contributed by atoms with Gasteiger partial charge < -0.3 is 10.1 Å². The summed E-state index contributed by atoms with van der Waals surface area (Å²) in [5.41, 5.74) is 1.40. The van der Waals surface area contributed by atoms with Gasteiger partial charge >= 0.3 is 5.97 Å². The summed E-state index contributed by atoms with van der Waals surface area (Å²) in [5.74, 6) is -1.79. The second-order valence-electron chi connectivity index (χ2n) is 6.37. The molecule has 1 amide bonds. The number of carbonyl (C=O) groups is 2. The first-order chi connectivity index (χ1) is 15.3. The number of anilines is 1. The Morgan fingerprint density at radius 3 is 2.56 bits per heavy atom. The number of esters is 1. The molecule has 5 nitrogen and oxygen atoms in total. The number of carbonyl (C=O) groups excluding carboxylic acids is 2. The van der Waals surface area contributed by atoms with Crippen molar-refractivity contribution in [3.63, 3.8) is 0 Å². The standard InChI is InChI=1S/C23H15Cl2FN2O3S/c1-2-31-23(30)20-18(13-4-7-17(26)8-5-13)12-32-22(20)28-21(29)15(11-27)9-14-3-6-16(24)10-19(14)25/h3-10,12H,2H2,1H3,(H,28,29)/b15-9-. The lowest BCUT2D eigenvalue weighted by Gasteiger charge is -2.09. The van der Waals surface area contributed by atoms with Crippen molar-refractivity contribution in [1.29, 1.82) is 5.26 Å². The lowest BCUT2D eigenvalue weighted by atomic mass is 10.0. The van der Waals surface area contributed by atoms with Gasteiger partial charge in [-0.3, -0.25) is 4.79 Å². The summed E-state index contributed by atoms with van der Waals surface area (Å²) in [7, 11) is 0. The van der Waals surface area contributed by atoms with Gasteiger partial charge in [-0.1, -0.05) is 41.4 Å². The number of nitriles is 1. The van der Waals surface area contributed by atoms with Gasteiger partial charge in [0, 0.05) is 21.0 Å². The summed E-state index contributed by atoms with van der Waals surface area (Å²) < 4.78 is 18.5. The quantitative estimate of drug-likeness (QED) is 0.241. The number of hydrogen-bond acceptors (Lipinski definition) is 5. The minimum Gasteiger partial charge on any atom is -0.462 e. The van der Waals surface area contributed by atoms with Crippen LogP contribution >= 0.6 is 34.5 Å². The highest BCUT2D eigenvalue weighted by molar-refractivity contribution is 7.15. The van der Waals surface area contributed by atoms with Crippen LogP contribution in [0.3, 0.4) is 0 Å². The van der Waals surface area contributed by atoms with Gasteiger partial charge in [-0.25, -0.2) is 9.18 Å². The maximum Gasteiger partial charge on any atom is 0.341 e. The number of halogens is 3. The lowest BCUT2D eigenvalue weighted by molar-refractivity contribution is -0.112. The smallest absolute Gasteiger partial charge is 0.341 e. The highest BCUT2D eigenvalue weighted by Crippen LogP contribution is 2.36. The Balaban J connectivity index is 1.97. The molecule has 1 N–H and O–H groups in total. The summed E-state index contributed by atoms with van der Waals surface area (Å²) in [6.45, 7) is 1.79. The van der Waals surface area contributed by atoms with Crippen LogP contribution in [0.1, 0.15) is 22.8 Å². The molecule has 0 aliphatic carbocycles. The predicted octanol–water partition coefficient (Wildman–Crippen LogP) is 6.58. The number of rotatable bonds is 6. The summed E-state index contributed by atoms with van der Waals surface area (Å²) >= 11 is 13.1. The Morgan fingerprint density at radius 1 is 1.22 bits per heavy atom. The third kappa shape index (κ3) is 5.35. The van der Waals surface area contributed by atoms with Gasteiger partial charge in [0.05, 0.1) is 6.61 Å². The van der Waals surface area contributed by atoms with E-state index in [1.165, 1.54) is 36.4 Å². The number of ether oxygens (including phenoxy) is 1.